The first-order valence-electron chi connectivity index (χ1n) is 5.92. The molecule has 4 heteroatoms. The molecular weight excluding hydrogens is 297 g/mol. The third kappa shape index (κ3) is 3.46. The van der Waals surface area contributed by atoms with Crippen molar-refractivity contribution in [3.63, 3.8) is 0 Å². The largest absolute Gasteiger partial charge is 0.309 e. The molecule has 2 aromatic carbocycles. The molecule has 1 atom stereocenters. The van der Waals surface area contributed by atoms with E-state index in [1.807, 2.05) is 19.2 Å². The average molecular weight is 312 g/mol. The van der Waals surface area contributed by atoms with E-state index in [9.17, 15) is 0 Å². The van der Waals surface area contributed by atoms with Crippen LogP contribution in [0.1, 0.15) is 17.2 Å². The molecule has 0 aromatic heterocycles. The van der Waals surface area contributed by atoms with Crippen LogP contribution in [-0.2, 0) is 0 Å². The minimum Gasteiger partial charge on any atom is -0.309 e. The molecule has 0 amide bonds. The number of thioether (sulfide) groups is 1. The van der Waals surface area contributed by atoms with Gasteiger partial charge in [-0.05, 0) is 54.8 Å². The quantitative estimate of drug-likeness (QED) is 0.795. The van der Waals surface area contributed by atoms with Gasteiger partial charge in [0, 0.05) is 14.9 Å². The van der Waals surface area contributed by atoms with Crippen molar-refractivity contribution < 1.29 is 0 Å². The maximum atomic E-state index is 6.28. The lowest BCUT2D eigenvalue weighted by molar-refractivity contribution is 0.691. The number of hydrogen-bond acceptors (Lipinski definition) is 2. The lowest BCUT2D eigenvalue weighted by Crippen LogP contribution is -2.18. The molecule has 0 aliphatic carbocycles. The van der Waals surface area contributed by atoms with Gasteiger partial charge < -0.3 is 5.32 Å². The summed E-state index contributed by atoms with van der Waals surface area (Å²) < 4.78 is 0. The third-order valence-electron chi connectivity index (χ3n) is 3.01. The highest BCUT2D eigenvalue weighted by Gasteiger charge is 2.15. The van der Waals surface area contributed by atoms with Gasteiger partial charge in [0.1, 0.15) is 0 Å². The molecule has 0 bridgehead atoms. The standard InChI is InChI=1S/C15H15Cl2NS/c1-18-15(10-3-6-12(19-2)7-4-10)13-9-11(16)5-8-14(13)17/h3-9,15,18H,1-2H3. The molecule has 2 rings (SSSR count). The van der Waals surface area contributed by atoms with Crippen molar-refractivity contribution in [3.8, 4) is 0 Å². The smallest absolute Gasteiger partial charge is 0.0589 e. The Balaban J connectivity index is 2.40. The highest BCUT2D eigenvalue weighted by atomic mass is 35.5. The second-order valence-electron chi connectivity index (χ2n) is 4.16. The molecule has 2 aromatic rings. The van der Waals surface area contributed by atoms with Gasteiger partial charge >= 0.3 is 0 Å². The molecule has 100 valence electrons. The van der Waals surface area contributed by atoms with Crippen molar-refractivity contribution in [3.05, 3.63) is 63.6 Å². The van der Waals surface area contributed by atoms with Crippen molar-refractivity contribution in [2.75, 3.05) is 13.3 Å². The van der Waals surface area contributed by atoms with Crippen LogP contribution in [0.5, 0.6) is 0 Å². The molecule has 0 spiro atoms. The van der Waals surface area contributed by atoms with Crippen molar-refractivity contribution in [1.82, 2.24) is 5.32 Å². The highest BCUT2D eigenvalue weighted by molar-refractivity contribution is 7.98. The van der Waals surface area contributed by atoms with E-state index < -0.39 is 0 Å². The third-order valence-corrected chi connectivity index (χ3v) is 4.33. The highest BCUT2D eigenvalue weighted by Crippen LogP contribution is 2.31. The zero-order chi connectivity index (χ0) is 13.8. The van der Waals surface area contributed by atoms with Gasteiger partial charge in [-0.2, -0.15) is 0 Å². The van der Waals surface area contributed by atoms with Gasteiger partial charge in [-0.1, -0.05) is 35.3 Å². The monoisotopic (exact) mass is 311 g/mol. The van der Waals surface area contributed by atoms with E-state index in [1.165, 1.54) is 10.5 Å². The second kappa shape index (κ2) is 6.67. The van der Waals surface area contributed by atoms with Crippen LogP contribution >= 0.6 is 35.0 Å². The molecule has 1 N–H and O–H groups in total. The van der Waals surface area contributed by atoms with Crippen molar-refractivity contribution in [2.24, 2.45) is 0 Å². The summed E-state index contributed by atoms with van der Waals surface area (Å²) in [7, 11) is 1.92. The minimum absolute atomic E-state index is 0.0436. The number of benzene rings is 2. The Morgan fingerprint density at radius 3 is 2.32 bits per heavy atom. The molecule has 1 nitrogen and oxygen atoms in total. The van der Waals surface area contributed by atoms with E-state index in [0.29, 0.717) is 5.02 Å². The summed E-state index contributed by atoms with van der Waals surface area (Å²) in [5.74, 6) is 0. The zero-order valence-electron chi connectivity index (χ0n) is 10.8. The summed E-state index contributed by atoms with van der Waals surface area (Å²) in [5.41, 5.74) is 2.16. The molecule has 0 saturated carbocycles. The normalized spacial score (nSPS) is 12.4. The fourth-order valence-corrected chi connectivity index (χ4v) is 2.85. The fourth-order valence-electron chi connectivity index (χ4n) is 2.03. The van der Waals surface area contributed by atoms with Gasteiger partial charge in [0.05, 0.1) is 6.04 Å². The van der Waals surface area contributed by atoms with Gasteiger partial charge in [0.15, 0.2) is 0 Å². The Morgan fingerprint density at radius 1 is 1.05 bits per heavy atom. The van der Waals surface area contributed by atoms with Crippen LogP contribution in [0.15, 0.2) is 47.4 Å². The molecule has 0 fully saturated rings. The minimum atomic E-state index is 0.0436. The van der Waals surface area contributed by atoms with Crippen LogP contribution in [-0.4, -0.2) is 13.3 Å². The SMILES string of the molecule is CNC(c1ccc(SC)cc1)c1cc(Cl)ccc1Cl. The van der Waals surface area contributed by atoms with Gasteiger partial charge in [-0.25, -0.2) is 0 Å². The van der Waals surface area contributed by atoms with E-state index in [2.05, 4.69) is 35.8 Å². The van der Waals surface area contributed by atoms with Crippen LogP contribution in [0.2, 0.25) is 10.0 Å². The Labute approximate surface area is 128 Å². The van der Waals surface area contributed by atoms with Crippen LogP contribution in [0.25, 0.3) is 0 Å². The van der Waals surface area contributed by atoms with E-state index >= 15 is 0 Å². The maximum absolute atomic E-state index is 6.28. The van der Waals surface area contributed by atoms with E-state index in [4.69, 9.17) is 23.2 Å². The number of nitrogens with one attached hydrogen (secondary N) is 1. The number of halogens is 2. The first-order chi connectivity index (χ1) is 9.15. The predicted molar refractivity (Wildman–Crippen MR) is 85.6 cm³/mol. The van der Waals surface area contributed by atoms with Gasteiger partial charge in [0.25, 0.3) is 0 Å². The lowest BCUT2D eigenvalue weighted by atomic mass is 9.99. The summed E-state index contributed by atoms with van der Waals surface area (Å²) in [5, 5.41) is 4.71. The molecule has 0 radical (unpaired) electrons. The number of hydrogen-bond donors (Lipinski definition) is 1. The Bertz CT molecular complexity index is 555. The van der Waals surface area contributed by atoms with Crippen molar-refractivity contribution in [2.45, 2.75) is 10.9 Å². The van der Waals surface area contributed by atoms with E-state index in [1.54, 1.807) is 17.8 Å². The Kier molecular flexibility index (Phi) is 5.17. The Hall–Kier alpha value is -0.670. The van der Waals surface area contributed by atoms with Crippen LogP contribution < -0.4 is 5.32 Å². The van der Waals surface area contributed by atoms with Gasteiger partial charge in [-0.3, -0.25) is 0 Å². The zero-order valence-corrected chi connectivity index (χ0v) is 13.1. The molecular formula is C15H15Cl2NS. The summed E-state index contributed by atoms with van der Waals surface area (Å²) in [6.45, 7) is 0. The summed E-state index contributed by atoms with van der Waals surface area (Å²) >= 11 is 14.1. The van der Waals surface area contributed by atoms with Gasteiger partial charge in [0.2, 0.25) is 0 Å². The average Bonchev–Trinajstić information content (AvgIpc) is 2.44. The molecule has 0 aliphatic rings. The van der Waals surface area contributed by atoms with Crippen molar-refractivity contribution >= 4 is 35.0 Å². The predicted octanol–water partition coefficient (Wildman–Crippen LogP) is 5.02. The van der Waals surface area contributed by atoms with Crippen LogP contribution in [0, 0.1) is 0 Å². The molecule has 0 heterocycles. The second-order valence-corrected chi connectivity index (χ2v) is 5.88. The van der Waals surface area contributed by atoms with Crippen LogP contribution in [0.3, 0.4) is 0 Å². The van der Waals surface area contributed by atoms with Gasteiger partial charge in [-0.15, -0.1) is 11.8 Å². The van der Waals surface area contributed by atoms with E-state index in [0.717, 1.165) is 10.6 Å². The molecule has 0 saturated heterocycles. The van der Waals surface area contributed by atoms with Crippen LogP contribution in [0.4, 0.5) is 0 Å². The summed E-state index contributed by atoms with van der Waals surface area (Å²) in [6, 6.07) is 14.0. The molecule has 1 unspecified atom stereocenters. The van der Waals surface area contributed by atoms with E-state index in [-0.39, 0.29) is 6.04 Å². The topological polar surface area (TPSA) is 12.0 Å². The maximum Gasteiger partial charge on any atom is 0.0589 e. The van der Waals surface area contributed by atoms with Crippen molar-refractivity contribution in [1.29, 1.82) is 0 Å². The number of rotatable bonds is 4. The summed E-state index contributed by atoms with van der Waals surface area (Å²) in [6.07, 6.45) is 2.07. The lowest BCUT2D eigenvalue weighted by Gasteiger charge is -2.19. The Morgan fingerprint density at radius 2 is 1.74 bits per heavy atom. The fraction of sp³-hybridized carbons (Fsp3) is 0.200. The molecule has 0 aliphatic heterocycles. The first kappa shape index (κ1) is 14.7. The summed E-state index contributed by atoms with van der Waals surface area (Å²) in [4.78, 5) is 1.25. The molecule has 19 heavy (non-hydrogen) atoms. The first-order valence-corrected chi connectivity index (χ1v) is 7.90.